The standard InChI is InChI=1S/C24H37N7O4/c1-6-21(32)31(19-10-8-18(9-11-19)25-22(33)35-24(3,4)5)20-12-14-28(15-13-20)16-17-30-23(34)29(7-2)26-27-30/h8-11,20H,6-7,12-17H2,1-5H3,(H,25,33). The van der Waals surface area contributed by atoms with Crippen LogP contribution >= 0.6 is 0 Å². The van der Waals surface area contributed by atoms with E-state index in [0.29, 0.717) is 31.7 Å². The first kappa shape index (κ1) is 26.4. The highest BCUT2D eigenvalue weighted by atomic mass is 16.6. The van der Waals surface area contributed by atoms with Crippen LogP contribution in [0.4, 0.5) is 16.2 Å². The van der Waals surface area contributed by atoms with E-state index in [2.05, 4.69) is 20.6 Å². The van der Waals surface area contributed by atoms with Gasteiger partial charge in [-0.1, -0.05) is 6.92 Å². The van der Waals surface area contributed by atoms with Crippen LogP contribution in [0.5, 0.6) is 0 Å². The van der Waals surface area contributed by atoms with Crippen molar-refractivity contribution >= 4 is 23.4 Å². The molecule has 1 aromatic carbocycles. The fraction of sp³-hybridized carbons (Fsp3) is 0.625. The van der Waals surface area contributed by atoms with E-state index in [9.17, 15) is 14.4 Å². The molecule has 1 aromatic heterocycles. The summed E-state index contributed by atoms with van der Waals surface area (Å²) in [5.41, 5.74) is 0.657. The van der Waals surface area contributed by atoms with Gasteiger partial charge in [-0.2, -0.15) is 9.36 Å². The average Bonchev–Trinajstić information content (AvgIpc) is 3.17. The number of carbonyl (C=O) groups excluding carboxylic acids is 2. The maximum absolute atomic E-state index is 12.9. The first-order chi connectivity index (χ1) is 16.6. The summed E-state index contributed by atoms with van der Waals surface area (Å²) < 4.78 is 8.04. The van der Waals surface area contributed by atoms with Crippen molar-refractivity contribution in [1.82, 2.24) is 24.7 Å². The molecule has 2 aromatic rings. The Labute approximate surface area is 206 Å². The number of tetrazole rings is 1. The predicted molar refractivity (Wildman–Crippen MR) is 133 cm³/mol. The SMILES string of the molecule is CCC(=O)N(c1ccc(NC(=O)OC(C)(C)C)cc1)C1CCN(CCn2nnn(CC)c2=O)CC1. The number of hydrogen-bond donors (Lipinski definition) is 1. The molecule has 11 nitrogen and oxygen atoms in total. The van der Waals surface area contributed by atoms with Gasteiger partial charge in [0.1, 0.15) is 5.60 Å². The van der Waals surface area contributed by atoms with E-state index in [1.54, 1.807) is 12.1 Å². The highest BCUT2D eigenvalue weighted by Crippen LogP contribution is 2.26. The summed E-state index contributed by atoms with van der Waals surface area (Å²) >= 11 is 0. The van der Waals surface area contributed by atoms with Gasteiger partial charge in [-0.3, -0.25) is 10.1 Å². The Kier molecular flexibility index (Phi) is 8.66. The minimum Gasteiger partial charge on any atom is -0.444 e. The van der Waals surface area contributed by atoms with Crippen molar-refractivity contribution in [3.05, 3.63) is 34.7 Å². The molecule has 2 amide bonds. The van der Waals surface area contributed by atoms with Crippen molar-refractivity contribution in [2.45, 2.75) is 78.6 Å². The van der Waals surface area contributed by atoms with Crippen LogP contribution in [-0.2, 0) is 22.6 Å². The van der Waals surface area contributed by atoms with E-state index >= 15 is 0 Å². The molecule has 0 spiro atoms. The van der Waals surface area contributed by atoms with Gasteiger partial charge in [-0.05, 0) is 75.2 Å². The number of likely N-dealkylation sites (tertiary alicyclic amines) is 1. The fourth-order valence-electron chi connectivity index (χ4n) is 4.14. The molecule has 1 aliphatic rings. The van der Waals surface area contributed by atoms with Gasteiger partial charge < -0.3 is 14.5 Å². The van der Waals surface area contributed by atoms with Crippen LogP contribution in [0.2, 0.25) is 0 Å². The van der Waals surface area contributed by atoms with E-state index in [1.807, 2.05) is 51.7 Å². The number of hydrogen-bond acceptors (Lipinski definition) is 7. The van der Waals surface area contributed by atoms with Gasteiger partial charge in [0.2, 0.25) is 5.91 Å². The van der Waals surface area contributed by atoms with Crippen molar-refractivity contribution in [3.8, 4) is 0 Å². The Morgan fingerprint density at radius 2 is 1.69 bits per heavy atom. The first-order valence-corrected chi connectivity index (χ1v) is 12.3. The molecular weight excluding hydrogens is 450 g/mol. The van der Waals surface area contributed by atoms with Crippen LogP contribution in [0, 0.1) is 0 Å². The Morgan fingerprint density at radius 1 is 1.06 bits per heavy atom. The molecule has 35 heavy (non-hydrogen) atoms. The summed E-state index contributed by atoms with van der Waals surface area (Å²) in [6, 6.07) is 7.37. The fourth-order valence-corrected chi connectivity index (χ4v) is 4.14. The summed E-state index contributed by atoms with van der Waals surface area (Å²) in [4.78, 5) is 41.2. The molecule has 0 aliphatic carbocycles. The number of aromatic nitrogens is 4. The van der Waals surface area contributed by atoms with Crippen LogP contribution in [0.25, 0.3) is 0 Å². The van der Waals surface area contributed by atoms with Gasteiger partial charge in [0, 0.05) is 50.0 Å². The molecule has 11 heteroatoms. The van der Waals surface area contributed by atoms with Gasteiger partial charge in [0.15, 0.2) is 0 Å². The lowest BCUT2D eigenvalue weighted by Crippen LogP contribution is -2.48. The number of rotatable bonds is 8. The molecule has 3 rings (SSSR count). The van der Waals surface area contributed by atoms with E-state index < -0.39 is 11.7 Å². The third-order valence-corrected chi connectivity index (χ3v) is 5.91. The maximum atomic E-state index is 12.9. The van der Waals surface area contributed by atoms with E-state index in [0.717, 1.165) is 31.6 Å². The number of piperidine rings is 1. The smallest absolute Gasteiger partial charge is 0.412 e. The van der Waals surface area contributed by atoms with Gasteiger partial charge >= 0.3 is 11.8 Å². The molecule has 0 radical (unpaired) electrons. The largest absolute Gasteiger partial charge is 0.444 e. The monoisotopic (exact) mass is 487 g/mol. The molecular formula is C24H37N7O4. The molecule has 0 unspecified atom stereocenters. The average molecular weight is 488 g/mol. The second-order valence-electron chi connectivity index (χ2n) is 9.66. The molecule has 1 aliphatic heterocycles. The highest BCUT2D eigenvalue weighted by molar-refractivity contribution is 5.94. The number of nitrogens with zero attached hydrogens (tertiary/aromatic N) is 6. The predicted octanol–water partition coefficient (Wildman–Crippen LogP) is 2.71. The van der Waals surface area contributed by atoms with E-state index in [-0.39, 0.29) is 17.6 Å². The summed E-state index contributed by atoms with van der Waals surface area (Å²) in [6.45, 7) is 12.5. The maximum Gasteiger partial charge on any atom is 0.412 e. The zero-order valence-corrected chi connectivity index (χ0v) is 21.4. The molecule has 1 fully saturated rings. The number of nitrogens with one attached hydrogen (secondary N) is 1. The topological polar surface area (TPSA) is 115 Å². The zero-order valence-electron chi connectivity index (χ0n) is 21.4. The molecule has 0 atom stereocenters. The van der Waals surface area contributed by atoms with Crippen LogP contribution in [0.3, 0.4) is 0 Å². The van der Waals surface area contributed by atoms with E-state index in [4.69, 9.17) is 4.74 Å². The number of anilines is 2. The minimum absolute atomic E-state index is 0.0685. The third-order valence-electron chi connectivity index (χ3n) is 5.91. The Balaban J connectivity index is 1.59. The lowest BCUT2D eigenvalue weighted by atomic mass is 10.0. The van der Waals surface area contributed by atoms with Crippen LogP contribution in [0.15, 0.2) is 29.1 Å². The van der Waals surface area contributed by atoms with Crippen molar-refractivity contribution in [3.63, 3.8) is 0 Å². The highest BCUT2D eigenvalue weighted by Gasteiger charge is 2.28. The van der Waals surface area contributed by atoms with Gasteiger partial charge in [0.05, 0.1) is 6.54 Å². The molecule has 0 saturated carbocycles. The van der Waals surface area contributed by atoms with Gasteiger partial charge in [0.25, 0.3) is 0 Å². The van der Waals surface area contributed by atoms with Crippen LogP contribution in [0.1, 0.15) is 53.9 Å². The molecule has 1 N–H and O–H groups in total. The Bertz CT molecular complexity index is 1050. The lowest BCUT2D eigenvalue weighted by Gasteiger charge is -2.38. The van der Waals surface area contributed by atoms with Crippen molar-refractivity contribution in [1.29, 1.82) is 0 Å². The number of amides is 2. The van der Waals surface area contributed by atoms with Crippen molar-refractivity contribution in [2.24, 2.45) is 0 Å². The van der Waals surface area contributed by atoms with Gasteiger partial charge in [-0.25, -0.2) is 9.59 Å². The first-order valence-electron chi connectivity index (χ1n) is 12.3. The third kappa shape index (κ3) is 7.14. The molecule has 1 saturated heterocycles. The van der Waals surface area contributed by atoms with Crippen LogP contribution in [-0.4, -0.2) is 68.0 Å². The number of carbonyl (C=O) groups is 2. The normalized spacial score (nSPS) is 15.1. The number of benzene rings is 1. The lowest BCUT2D eigenvalue weighted by molar-refractivity contribution is -0.119. The summed E-state index contributed by atoms with van der Waals surface area (Å²) in [5.74, 6) is 0.0685. The second kappa shape index (κ2) is 11.5. The number of ether oxygens (including phenoxy) is 1. The molecule has 192 valence electrons. The van der Waals surface area contributed by atoms with Crippen molar-refractivity contribution in [2.75, 3.05) is 29.9 Å². The van der Waals surface area contributed by atoms with Crippen LogP contribution < -0.4 is 15.9 Å². The Morgan fingerprint density at radius 3 is 2.23 bits per heavy atom. The summed E-state index contributed by atoms with van der Waals surface area (Å²) in [5, 5.41) is 10.5. The van der Waals surface area contributed by atoms with Crippen molar-refractivity contribution < 1.29 is 14.3 Å². The molecule has 0 bridgehead atoms. The Hall–Kier alpha value is -3.21. The van der Waals surface area contributed by atoms with Gasteiger partial charge in [-0.15, -0.1) is 0 Å². The van der Waals surface area contributed by atoms with E-state index in [1.165, 1.54) is 9.36 Å². The number of aryl methyl sites for hydroxylation is 1. The zero-order chi connectivity index (χ0) is 25.6. The minimum atomic E-state index is -0.576. The second-order valence-corrected chi connectivity index (χ2v) is 9.66. The molecule has 2 heterocycles. The summed E-state index contributed by atoms with van der Waals surface area (Å²) in [7, 11) is 0. The summed E-state index contributed by atoms with van der Waals surface area (Å²) in [6.07, 6.45) is 1.56. The quantitative estimate of drug-likeness (QED) is 0.609.